The molecule has 0 radical (unpaired) electrons. The lowest BCUT2D eigenvalue weighted by Crippen LogP contribution is -2.58. The van der Waals surface area contributed by atoms with E-state index in [1.165, 1.54) is 0 Å². The molecule has 3 unspecified atom stereocenters. The van der Waals surface area contributed by atoms with Crippen molar-refractivity contribution in [1.82, 2.24) is 9.80 Å². The van der Waals surface area contributed by atoms with Crippen LogP contribution in [0.4, 0.5) is 5.69 Å². The predicted molar refractivity (Wildman–Crippen MR) is 180 cm³/mol. The molecule has 3 aliphatic heterocycles. The van der Waals surface area contributed by atoms with Gasteiger partial charge in [-0.05, 0) is 30.0 Å². The molecule has 3 amide bonds. The Bertz CT molecular complexity index is 1380. The fourth-order valence-electron chi connectivity index (χ4n) is 7.41. The number of rotatable bonds is 13. The number of aliphatic hydroxyl groups is 1. The summed E-state index contributed by atoms with van der Waals surface area (Å²) in [6, 6.07) is 17.9. The summed E-state index contributed by atoms with van der Waals surface area (Å²) in [7, 11) is 0. The van der Waals surface area contributed by atoms with Gasteiger partial charge in [0.25, 0.3) is 0 Å². The summed E-state index contributed by atoms with van der Waals surface area (Å²) in [6.45, 7) is 12.6. The SMILES string of the molecule is C=CCN(Cc1ccccc1)C(=O)C1N([C@@H](CO)[C@@H](C)CC)C(=O)[C@@H]2[C@H](C(=O)N(CC=C)c3ccccc3)[C@H]3SC12CC3Br. The Morgan fingerprint density at radius 2 is 1.73 bits per heavy atom. The molecule has 7 nitrogen and oxygen atoms in total. The summed E-state index contributed by atoms with van der Waals surface area (Å²) in [5, 5.41) is 10.5. The highest BCUT2D eigenvalue weighted by atomic mass is 79.9. The van der Waals surface area contributed by atoms with E-state index in [0.29, 0.717) is 26.1 Å². The first-order chi connectivity index (χ1) is 21.2. The number of nitrogens with zero attached hydrogens (tertiary/aromatic N) is 3. The van der Waals surface area contributed by atoms with Crippen molar-refractivity contribution in [1.29, 1.82) is 0 Å². The van der Waals surface area contributed by atoms with E-state index in [9.17, 15) is 19.5 Å². The highest BCUT2D eigenvalue weighted by Gasteiger charge is 2.76. The van der Waals surface area contributed by atoms with Crippen molar-refractivity contribution in [3.8, 4) is 0 Å². The largest absolute Gasteiger partial charge is 0.394 e. The fourth-order valence-corrected chi connectivity index (χ4v) is 11.0. The van der Waals surface area contributed by atoms with Crippen LogP contribution in [-0.2, 0) is 20.9 Å². The number of aliphatic hydroxyl groups excluding tert-OH is 1. The third-order valence-corrected chi connectivity index (χ3v) is 12.8. The van der Waals surface area contributed by atoms with E-state index in [2.05, 4.69) is 29.1 Å². The van der Waals surface area contributed by atoms with E-state index in [-0.39, 0.29) is 40.3 Å². The Kier molecular flexibility index (Phi) is 10.1. The van der Waals surface area contributed by atoms with Crippen LogP contribution in [0.25, 0.3) is 0 Å². The summed E-state index contributed by atoms with van der Waals surface area (Å²) >= 11 is 5.50. The second-order valence-corrected chi connectivity index (χ2v) is 14.8. The van der Waals surface area contributed by atoms with Gasteiger partial charge >= 0.3 is 0 Å². The van der Waals surface area contributed by atoms with Gasteiger partial charge in [-0.3, -0.25) is 14.4 Å². The average molecular weight is 681 g/mol. The molecule has 1 spiro atoms. The number of amides is 3. The predicted octanol–water partition coefficient (Wildman–Crippen LogP) is 5.29. The molecule has 3 fully saturated rings. The summed E-state index contributed by atoms with van der Waals surface area (Å²) in [4.78, 5) is 49.3. The first-order valence-electron chi connectivity index (χ1n) is 15.4. The molecule has 1 N–H and O–H groups in total. The van der Waals surface area contributed by atoms with Crippen LogP contribution in [0.5, 0.6) is 0 Å². The average Bonchev–Trinajstić information content (AvgIpc) is 3.63. The Labute approximate surface area is 273 Å². The minimum absolute atomic E-state index is 0.0471. The molecule has 2 bridgehead atoms. The van der Waals surface area contributed by atoms with Gasteiger partial charge in [-0.1, -0.05) is 96.9 Å². The number of carbonyl (C=O) groups excluding carboxylic acids is 3. The molecule has 3 aliphatic rings. The number of anilines is 1. The maximum atomic E-state index is 14.9. The van der Waals surface area contributed by atoms with Gasteiger partial charge in [-0.2, -0.15) is 0 Å². The third kappa shape index (κ3) is 5.56. The summed E-state index contributed by atoms with van der Waals surface area (Å²) in [5.74, 6) is -1.89. The number of fused-ring (bicyclic) bond motifs is 1. The Morgan fingerprint density at radius 1 is 1.09 bits per heavy atom. The normalized spacial score (nSPS) is 28.3. The second-order valence-electron chi connectivity index (χ2n) is 12.1. The lowest BCUT2D eigenvalue weighted by atomic mass is 9.70. The van der Waals surface area contributed by atoms with E-state index in [4.69, 9.17) is 0 Å². The summed E-state index contributed by atoms with van der Waals surface area (Å²) < 4.78 is -0.819. The van der Waals surface area contributed by atoms with Crippen LogP contribution in [0, 0.1) is 17.8 Å². The van der Waals surface area contributed by atoms with Crippen LogP contribution in [0.2, 0.25) is 0 Å². The Balaban J connectivity index is 1.61. The first kappa shape index (κ1) is 32.5. The zero-order valence-corrected chi connectivity index (χ0v) is 27.8. The topological polar surface area (TPSA) is 81.2 Å². The second kappa shape index (κ2) is 13.6. The van der Waals surface area contributed by atoms with Gasteiger partial charge in [0.05, 0.1) is 29.2 Å². The number of halogens is 1. The summed E-state index contributed by atoms with van der Waals surface area (Å²) in [6.07, 6.45) is 4.72. The van der Waals surface area contributed by atoms with Gasteiger partial charge in [-0.25, -0.2) is 0 Å². The zero-order chi connectivity index (χ0) is 31.6. The molecule has 234 valence electrons. The standard InChI is InChI=1S/C35H42BrN3O4S/c1-5-18-37(21-24-14-10-8-11-15-24)34(43)31-35-20-26(36)30(44-35)28(29(35)33(42)39(31)27(22-40)23(4)7-3)32(41)38(19-6-2)25-16-12-9-13-17-25/h5-6,8-17,23,26-31,40H,1-2,7,18-22H2,3-4H3/t23-,26?,27-,28-,29-,30-,31?,35?/m0/s1. The van der Waals surface area contributed by atoms with Gasteiger partial charge in [0.15, 0.2) is 0 Å². The van der Waals surface area contributed by atoms with Crippen LogP contribution in [0.15, 0.2) is 86.0 Å². The Hall–Kier alpha value is -2.88. The van der Waals surface area contributed by atoms with E-state index >= 15 is 0 Å². The van der Waals surface area contributed by atoms with Crippen LogP contribution in [0.3, 0.4) is 0 Å². The van der Waals surface area contributed by atoms with Crippen molar-refractivity contribution in [2.75, 3.05) is 24.6 Å². The van der Waals surface area contributed by atoms with Gasteiger partial charge in [0.2, 0.25) is 17.7 Å². The highest BCUT2D eigenvalue weighted by Crippen LogP contribution is 2.68. The molecular formula is C35H42BrN3O4S. The number of hydrogen-bond donors (Lipinski definition) is 1. The number of benzene rings is 2. The molecule has 2 aromatic rings. The molecule has 0 saturated carbocycles. The van der Waals surface area contributed by atoms with Crippen LogP contribution in [0.1, 0.15) is 32.3 Å². The van der Waals surface area contributed by atoms with Crippen LogP contribution in [-0.4, -0.2) is 79.2 Å². The van der Waals surface area contributed by atoms with Gasteiger partial charge < -0.3 is 19.8 Å². The molecule has 0 aromatic heterocycles. The number of likely N-dealkylation sites (tertiary alicyclic amines) is 1. The highest BCUT2D eigenvalue weighted by molar-refractivity contribution is 9.09. The maximum absolute atomic E-state index is 14.9. The van der Waals surface area contributed by atoms with Crippen molar-refractivity contribution in [3.05, 3.63) is 91.5 Å². The minimum atomic E-state index is -0.827. The van der Waals surface area contributed by atoms with E-state index in [0.717, 1.165) is 17.7 Å². The quantitative estimate of drug-likeness (QED) is 0.230. The number of alkyl halides is 1. The van der Waals surface area contributed by atoms with Gasteiger partial charge in [-0.15, -0.1) is 24.9 Å². The van der Waals surface area contributed by atoms with Gasteiger partial charge in [0.1, 0.15) is 6.04 Å². The molecule has 2 aromatic carbocycles. The molecule has 0 aliphatic carbocycles. The number of carbonyl (C=O) groups is 3. The molecule has 44 heavy (non-hydrogen) atoms. The summed E-state index contributed by atoms with van der Waals surface area (Å²) in [5.41, 5.74) is 1.72. The molecule has 3 saturated heterocycles. The van der Waals surface area contributed by atoms with Crippen molar-refractivity contribution in [2.24, 2.45) is 17.8 Å². The van der Waals surface area contributed by atoms with Crippen molar-refractivity contribution in [2.45, 2.75) is 60.1 Å². The molecular weight excluding hydrogens is 638 g/mol. The number of thioether (sulfide) groups is 1. The fraction of sp³-hybridized carbons (Fsp3) is 0.457. The number of hydrogen-bond acceptors (Lipinski definition) is 5. The molecule has 3 heterocycles. The minimum Gasteiger partial charge on any atom is -0.394 e. The molecule has 9 heteroatoms. The van der Waals surface area contributed by atoms with E-state index < -0.39 is 28.7 Å². The molecule has 5 rings (SSSR count). The maximum Gasteiger partial charge on any atom is 0.247 e. The zero-order valence-electron chi connectivity index (χ0n) is 25.4. The Morgan fingerprint density at radius 3 is 2.32 bits per heavy atom. The lowest BCUT2D eigenvalue weighted by molar-refractivity contribution is -0.147. The van der Waals surface area contributed by atoms with E-state index in [1.54, 1.807) is 38.6 Å². The molecule has 8 atom stereocenters. The monoisotopic (exact) mass is 679 g/mol. The smallest absolute Gasteiger partial charge is 0.247 e. The van der Waals surface area contributed by atoms with Crippen molar-refractivity contribution < 1.29 is 19.5 Å². The van der Waals surface area contributed by atoms with Crippen LogP contribution >= 0.6 is 27.7 Å². The lowest BCUT2D eigenvalue weighted by Gasteiger charge is -2.41. The van der Waals surface area contributed by atoms with Gasteiger partial charge in [0, 0.05) is 35.4 Å². The first-order valence-corrected chi connectivity index (χ1v) is 17.2. The van der Waals surface area contributed by atoms with Crippen molar-refractivity contribution in [3.63, 3.8) is 0 Å². The van der Waals surface area contributed by atoms with Crippen molar-refractivity contribution >= 4 is 51.1 Å². The number of para-hydroxylation sites is 1. The van der Waals surface area contributed by atoms with E-state index in [1.807, 2.05) is 74.5 Å². The third-order valence-electron chi connectivity index (χ3n) is 9.61. The van der Waals surface area contributed by atoms with Crippen LogP contribution < -0.4 is 4.90 Å².